The quantitative estimate of drug-likeness (QED) is 0.844. The maximum absolute atomic E-state index is 12.7. The molecule has 1 aliphatic heterocycles. The molecule has 0 saturated carbocycles. The zero-order chi connectivity index (χ0) is 19.6. The Morgan fingerprint density at radius 1 is 1.30 bits per heavy atom. The predicted octanol–water partition coefficient (Wildman–Crippen LogP) is 2.83. The first kappa shape index (κ1) is 19.2. The molecule has 3 rings (SSSR count). The van der Waals surface area contributed by atoms with E-state index in [2.05, 4.69) is 15.3 Å². The molecular weight excluding hydrogens is 344 g/mol. The molecule has 1 atom stereocenters. The monoisotopic (exact) mass is 372 g/mol. The third-order valence-corrected chi connectivity index (χ3v) is 5.28. The standard InChI is InChI=1S/C20H28N4O3/c1-13-20(14(2)23(3)22-13)21-19(25)12-24-10-6-7-17(24)16-11-15(26-4)8-9-18(16)27-5/h8-9,11,17H,6-7,10,12H2,1-5H3,(H,21,25)/t17-/m1/s1. The summed E-state index contributed by atoms with van der Waals surface area (Å²) >= 11 is 0. The number of aryl methyl sites for hydroxylation is 2. The van der Waals surface area contributed by atoms with Crippen LogP contribution in [0.1, 0.15) is 35.8 Å². The second kappa shape index (κ2) is 8.00. The van der Waals surface area contributed by atoms with E-state index in [1.54, 1.807) is 18.9 Å². The second-order valence-corrected chi connectivity index (χ2v) is 6.95. The van der Waals surface area contributed by atoms with Crippen LogP contribution in [0.25, 0.3) is 0 Å². The van der Waals surface area contributed by atoms with Crippen LogP contribution in [0.3, 0.4) is 0 Å². The first-order chi connectivity index (χ1) is 12.9. The zero-order valence-corrected chi connectivity index (χ0v) is 16.7. The van der Waals surface area contributed by atoms with Crippen molar-refractivity contribution >= 4 is 11.6 Å². The van der Waals surface area contributed by atoms with Crippen molar-refractivity contribution in [3.8, 4) is 11.5 Å². The molecule has 1 aliphatic rings. The second-order valence-electron chi connectivity index (χ2n) is 6.95. The van der Waals surface area contributed by atoms with Gasteiger partial charge in [-0.25, -0.2) is 0 Å². The maximum Gasteiger partial charge on any atom is 0.238 e. The molecule has 2 aromatic rings. The summed E-state index contributed by atoms with van der Waals surface area (Å²) in [5.74, 6) is 1.60. The van der Waals surface area contributed by atoms with Crippen molar-refractivity contribution in [3.05, 3.63) is 35.2 Å². The molecule has 146 valence electrons. The van der Waals surface area contributed by atoms with Gasteiger partial charge < -0.3 is 14.8 Å². The van der Waals surface area contributed by atoms with Crippen molar-refractivity contribution in [2.75, 3.05) is 32.6 Å². The highest BCUT2D eigenvalue weighted by molar-refractivity contribution is 5.93. The Hall–Kier alpha value is -2.54. The number of rotatable bonds is 6. The number of likely N-dealkylation sites (tertiary alicyclic amines) is 1. The van der Waals surface area contributed by atoms with E-state index in [0.717, 1.165) is 53.5 Å². The smallest absolute Gasteiger partial charge is 0.238 e. The van der Waals surface area contributed by atoms with Gasteiger partial charge in [-0.3, -0.25) is 14.4 Å². The number of nitrogens with zero attached hydrogens (tertiary/aromatic N) is 3. The minimum Gasteiger partial charge on any atom is -0.497 e. The van der Waals surface area contributed by atoms with Gasteiger partial charge in [-0.15, -0.1) is 0 Å². The molecule has 0 unspecified atom stereocenters. The highest BCUT2D eigenvalue weighted by Gasteiger charge is 2.30. The Morgan fingerprint density at radius 3 is 2.70 bits per heavy atom. The molecule has 7 heteroatoms. The first-order valence-corrected chi connectivity index (χ1v) is 9.20. The number of benzene rings is 1. The lowest BCUT2D eigenvalue weighted by atomic mass is 10.0. The van der Waals surface area contributed by atoms with Crippen LogP contribution in [0.4, 0.5) is 5.69 Å². The van der Waals surface area contributed by atoms with Crippen molar-refractivity contribution in [2.45, 2.75) is 32.7 Å². The molecule has 1 fully saturated rings. The van der Waals surface area contributed by atoms with Gasteiger partial charge >= 0.3 is 0 Å². The van der Waals surface area contributed by atoms with E-state index in [-0.39, 0.29) is 11.9 Å². The lowest BCUT2D eigenvalue weighted by Gasteiger charge is -2.26. The van der Waals surface area contributed by atoms with E-state index >= 15 is 0 Å². The minimum absolute atomic E-state index is 0.0250. The van der Waals surface area contributed by atoms with Crippen molar-refractivity contribution in [1.29, 1.82) is 0 Å². The van der Waals surface area contributed by atoms with Gasteiger partial charge in [0, 0.05) is 18.7 Å². The van der Waals surface area contributed by atoms with Gasteiger partial charge in [0.2, 0.25) is 5.91 Å². The number of hydrogen-bond acceptors (Lipinski definition) is 5. The average Bonchev–Trinajstić information content (AvgIpc) is 3.20. The normalized spacial score (nSPS) is 17.1. The van der Waals surface area contributed by atoms with Crippen LogP contribution in [0.2, 0.25) is 0 Å². The van der Waals surface area contributed by atoms with Crippen LogP contribution >= 0.6 is 0 Å². The Morgan fingerprint density at radius 2 is 2.07 bits per heavy atom. The van der Waals surface area contributed by atoms with E-state index in [9.17, 15) is 4.79 Å². The summed E-state index contributed by atoms with van der Waals surface area (Å²) in [6, 6.07) is 5.96. The van der Waals surface area contributed by atoms with Gasteiger partial charge in [0.1, 0.15) is 11.5 Å². The fourth-order valence-electron chi connectivity index (χ4n) is 3.79. The maximum atomic E-state index is 12.7. The molecule has 2 heterocycles. The zero-order valence-electron chi connectivity index (χ0n) is 16.7. The molecule has 7 nitrogen and oxygen atoms in total. The number of amides is 1. The minimum atomic E-state index is -0.0250. The fourth-order valence-corrected chi connectivity index (χ4v) is 3.79. The van der Waals surface area contributed by atoms with Gasteiger partial charge in [-0.1, -0.05) is 0 Å². The highest BCUT2D eigenvalue weighted by atomic mass is 16.5. The number of hydrogen-bond donors (Lipinski definition) is 1. The van der Waals surface area contributed by atoms with Crippen molar-refractivity contribution in [2.24, 2.45) is 7.05 Å². The van der Waals surface area contributed by atoms with Crippen molar-refractivity contribution < 1.29 is 14.3 Å². The van der Waals surface area contributed by atoms with Crippen LogP contribution in [0.15, 0.2) is 18.2 Å². The molecule has 0 spiro atoms. The summed E-state index contributed by atoms with van der Waals surface area (Å²) in [5, 5.41) is 7.39. The number of ether oxygens (including phenoxy) is 2. The van der Waals surface area contributed by atoms with Gasteiger partial charge in [-0.05, 0) is 51.4 Å². The lowest BCUT2D eigenvalue weighted by Crippen LogP contribution is -2.33. The molecule has 0 bridgehead atoms. The van der Waals surface area contributed by atoms with Crippen LogP contribution in [0.5, 0.6) is 11.5 Å². The SMILES string of the molecule is COc1ccc(OC)c([C@H]2CCCN2CC(=O)Nc2c(C)nn(C)c2C)c1. The molecule has 1 N–H and O–H groups in total. The summed E-state index contributed by atoms with van der Waals surface area (Å²) in [4.78, 5) is 14.9. The molecule has 1 amide bonds. The van der Waals surface area contributed by atoms with Crippen LogP contribution < -0.4 is 14.8 Å². The lowest BCUT2D eigenvalue weighted by molar-refractivity contribution is -0.117. The molecule has 0 aliphatic carbocycles. The molecule has 27 heavy (non-hydrogen) atoms. The number of methoxy groups -OCH3 is 2. The summed E-state index contributed by atoms with van der Waals surface area (Å²) in [6.07, 6.45) is 2.03. The van der Waals surface area contributed by atoms with E-state index in [1.165, 1.54) is 0 Å². The van der Waals surface area contributed by atoms with Gasteiger partial charge in [0.15, 0.2) is 0 Å². The Bertz CT molecular complexity index is 831. The first-order valence-electron chi connectivity index (χ1n) is 9.20. The van der Waals surface area contributed by atoms with E-state index < -0.39 is 0 Å². The third-order valence-electron chi connectivity index (χ3n) is 5.28. The molecule has 0 radical (unpaired) electrons. The molecule has 1 aromatic carbocycles. The summed E-state index contributed by atoms with van der Waals surface area (Å²) in [7, 11) is 5.21. The Labute approximate surface area is 160 Å². The predicted molar refractivity (Wildman–Crippen MR) is 104 cm³/mol. The molecular formula is C20H28N4O3. The summed E-state index contributed by atoms with van der Waals surface area (Å²) in [6.45, 7) is 5.07. The Kier molecular flexibility index (Phi) is 5.70. The van der Waals surface area contributed by atoms with Crippen molar-refractivity contribution in [1.82, 2.24) is 14.7 Å². The number of nitrogens with one attached hydrogen (secondary N) is 1. The van der Waals surface area contributed by atoms with Gasteiger partial charge in [0.25, 0.3) is 0 Å². The van der Waals surface area contributed by atoms with Gasteiger partial charge in [-0.2, -0.15) is 5.10 Å². The van der Waals surface area contributed by atoms with Crippen LogP contribution in [-0.4, -0.2) is 47.9 Å². The fraction of sp³-hybridized carbons (Fsp3) is 0.500. The summed E-state index contributed by atoms with van der Waals surface area (Å²) < 4.78 is 12.7. The van der Waals surface area contributed by atoms with E-state index in [1.807, 2.05) is 39.1 Å². The third kappa shape index (κ3) is 3.93. The summed E-state index contributed by atoms with van der Waals surface area (Å²) in [5.41, 5.74) is 3.65. The largest absolute Gasteiger partial charge is 0.497 e. The highest BCUT2D eigenvalue weighted by Crippen LogP contribution is 2.38. The number of aromatic nitrogens is 2. The van der Waals surface area contributed by atoms with Crippen LogP contribution in [-0.2, 0) is 11.8 Å². The van der Waals surface area contributed by atoms with E-state index in [0.29, 0.717) is 6.54 Å². The average molecular weight is 372 g/mol. The van der Waals surface area contributed by atoms with Gasteiger partial charge in [0.05, 0.1) is 37.8 Å². The van der Waals surface area contributed by atoms with Crippen LogP contribution in [0, 0.1) is 13.8 Å². The topological polar surface area (TPSA) is 68.6 Å². The number of carbonyl (C=O) groups excluding carboxylic acids is 1. The van der Waals surface area contributed by atoms with Crippen molar-refractivity contribution in [3.63, 3.8) is 0 Å². The molecule has 1 saturated heterocycles. The number of anilines is 1. The van der Waals surface area contributed by atoms with E-state index in [4.69, 9.17) is 9.47 Å². The molecule has 1 aromatic heterocycles. The Balaban J connectivity index is 1.76. The number of carbonyl (C=O) groups is 1.